The van der Waals surface area contributed by atoms with Crippen molar-refractivity contribution >= 4 is 5.91 Å². The van der Waals surface area contributed by atoms with E-state index < -0.39 is 23.5 Å². The van der Waals surface area contributed by atoms with E-state index in [9.17, 15) is 31.1 Å². The summed E-state index contributed by atoms with van der Waals surface area (Å²) in [6, 6.07) is 7.29. The van der Waals surface area contributed by atoms with Crippen molar-refractivity contribution in [2.45, 2.75) is 44.5 Å². The predicted molar refractivity (Wildman–Crippen MR) is 123 cm³/mol. The Labute approximate surface area is 203 Å². The molecule has 0 saturated heterocycles. The summed E-state index contributed by atoms with van der Waals surface area (Å²) < 4.78 is 80.7. The van der Waals surface area contributed by atoms with Gasteiger partial charge in [-0.2, -0.15) is 26.3 Å². The van der Waals surface area contributed by atoms with Gasteiger partial charge in [-0.15, -0.1) is 0 Å². The summed E-state index contributed by atoms with van der Waals surface area (Å²) in [5.74, 6) is -0.333. The van der Waals surface area contributed by atoms with Gasteiger partial charge in [0.15, 0.2) is 0 Å². The second-order valence-corrected chi connectivity index (χ2v) is 8.60. The van der Waals surface area contributed by atoms with Gasteiger partial charge >= 0.3 is 12.4 Å². The van der Waals surface area contributed by atoms with E-state index in [2.05, 4.69) is 16.4 Å². The molecule has 0 saturated carbocycles. The van der Waals surface area contributed by atoms with E-state index in [4.69, 9.17) is 0 Å². The van der Waals surface area contributed by atoms with E-state index in [1.807, 2.05) is 0 Å². The molecule has 190 valence electrons. The van der Waals surface area contributed by atoms with Gasteiger partial charge in [-0.25, -0.2) is 4.98 Å². The number of hydrogen-bond donors (Lipinski definition) is 1. The van der Waals surface area contributed by atoms with E-state index in [-0.39, 0.29) is 28.8 Å². The van der Waals surface area contributed by atoms with Crippen molar-refractivity contribution in [3.8, 4) is 16.8 Å². The molecule has 36 heavy (non-hydrogen) atoms. The molecule has 10 heteroatoms. The highest BCUT2D eigenvalue weighted by atomic mass is 19.4. The summed E-state index contributed by atoms with van der Waals surface area (Å²) in [6.45, 7) is 0.478. The Kier molecular flexibility index (Phi) is 7.23. The minimum absolute atomic E-state index is 0.0963. The van der Waals surface area contributed by atoms with Crippen molar-refractivity contribution in [2.24, 2.45) is 0 Å². The van der Waals surface area contributed by atoms with E-state index in [1.165, 1.54) is 53.4 Å². The van der Waals surface area contributed by atoms with Gasteiger partial charge in [0.1, 0.15) is 5.69 Å². The zero-order valence-corrected chi connectivity index (χ0v) is 19.1. The summed E-state index contributed by atoms with van der Waals surface area (Å²) in [5, 5.41) is 2.87. The number of nitrogens with zero attached hydrogens (tertiary/aromatic N) is 2. The second kappa shape index (κ2) is 10.2. The number of imidazole rings is 1. The number of amides is 1. The molecule has 0 atom stereocenters. The van der Waals surface area contributed by atoms with Crippen LogP contribution in [0.15, 0.2) is 66.6 Å². The molecule has 3 aromatic rings. The predicted octanol–water partition coefficient (Wildman–Crippen LogP) is 7.20. The molecule has 4 rings (SSSR count). The average molecular weight is 507 g/mol. The van der Waals surface area contributed by atoms with Crippen LogP contribution in [0.4, 0.5) is 26.3 Å². The highest BCUT2D eigenvalue weighted by Crippen LogP contribution is 2.38. The Morgan fingerprint density at radius 1 is 0.917 bits per heavy atom. The zero-order valence-electron chi connectivity index (χ0n) is 19.1. The Hall–Kier alpha value is -3.56. The first-order chi connectivity index (χ1) is 17.0. The van der Waals surface area contributed by atoms with Crippen LogP contribution in [0.2, 0.25) is 0 Å². The Balaban J connectivity index is 1.53. The molecule has 2 aromatic carbocycles. The minimum Gasteiger partial charge on any atom is -0.350 e. The number of benzene rings is 2. The third-order valence-corrected chi connectivity index (χ3v) is 6.05. The van der Waals surface area contributed by atoms with Crippen LogP contribution in [-0.4, -0.2) is 22.0 Å². The fourth-order valence-corrected chi connectivity index (χ4v) is 4.16. The number of carbonyl (C=O) groups excluding carboxylic acids is 1. The number of rotatable bonds is 6. The molecule has 0 radical (unpaired) electrons. The number of hydrogen-bond acceptors (Lipinski definition) is 2. The van der Waals surface area contributed by atoms with E-state index in [1.54, 1.807) is 0 Å². The molecule has 1 aromatic heterocycles. The smallest absolute Gasteiger partial charge is 0.350 e. The standard InChI is InChI=1S/C26H23F6N3O/c27-25(28,29)20-12-19(13-21(14-20)26(30,31)32)18-6-8-22(9-7-18)35-16-33-15-23(35)24(36)34-11-10-17-4-2-1-3-5-17/h4,6-9,12-16H,1-3,5,10-11H2,(H,34,36). The molecule has 1 heterocycles. The van der Waals surface area contributed by atoms with Gasteiger partial charge in [-0.05, 0) is 73.6 Å². The molecule has 0 spiro atoms. The lowest BCUT2D eigenvalue weighted by Gasteiger charge is -2.15. The average Bonchev–Trinajstić information content (AvgIpc) is 3.34. The molecular formula is C26H23F6N3O. The van der Waals surface area contributed by atoms with E-state index in [0.717, 1.165) is 25.7 Å². The van der Waals surface area contributed by atoms with Crippen molar-refractivity contribution < 1.29 is 31.1 Å². The number of allylic oxidation sites excluding steroid dienone is 1. The maximum atomic E-state index is 13.2. The Bertz CT molecular complexity index is 1220. The van der Waals surface area contributed by atoms with Crippen LogP contribution in [0.1, 0.15) is 53.7 Å². The molecule has 1 aliphatic rings. The second-order valence-electron chi connectivity index (χ2n) is 8.60. The van der Waals surface area contributed by atoms with Crippen LogP contribution in [0, 0.1) is 0 Å². The number of aromatic nitrogens is 2. The van der Waals surface area contributed by atoms with Gasteiger partial charge in [0, 0.05) is 12.2 Å². The van der Waals surface area contributed by atoms with Crippen LogP contribution >= 0.6 is 0 Å². The quantitative estimate of drug-likeness (QED) is 0.283. The summed E-state index contributed by atoms with van der Waals surface area (Å²) in [7, 11) is 0. The van der Waals surface area contributed by atoms with E-state index >= 15 is 0 Å². The summed E-state index contributed by atoms with van der Waals surface area (Å²) in [4.78, 5) is 16.7. The van der Waals surface area contributed by atoms with Crippen molar-refractivity contribution in [1.82, 2.24) is 14.9 Å². The topological polar surface area (TPSA) is 46.9 Å². The summed E-state index contributed by atoms with van der Waals surface area (Å²) >= 11 is 0. The van der Waals surface area contributed by atoms with Crippen molar-refractivity contribution in [3.05, 3.63) is 83.5 Å². The molecule has 1 N–H and O–H groups in total. The SMILES string of the molecule is O=C(NCCC1=CCCCC1)c1cncn1-c1ccc(-c2cc(C(F)(F)F)cc(C(F)(F)F)c2)cc1. The van der Waals surface area contributed by atoms with Crippen molar-refractivity contribution in [3.63, 3.8) is 0 Å². The first-order valence-electron chi connectivity index (χ1n) is 11.4. The molecule has 1 amide bonds. The molecule has 0 unspecified atom stereocenters. The fourth-order valence-electron chi connectivity index (χ4n) is 4.16. The van der Waals surface area contributed by atoms with Gasteiger partial charge in [0.2, 0.25) is 0 Å². The van der Waals surface area contributed by atoms with Crippen LogP contribution in [-0.2, 0) is 12.4 Å². The normalized spacial score (nSPS) is 14.4. The third kappa shape index (κ3) is 5.98. The lowest BCUT2D eigenvalue weighted by Crippen LogP contribution is -2.26. The molecular weight excluding hydrogens is 484 g/mol. The third-order valence-electron chi connectivity index (χ3n) is 6.05. The van der Waals surface area contributed by atoms with Gasteiger partial charge in [-0.3, -0.25) is 9.36 Å². The summed E-state index contributed by atoms with van der Waals surface area (Å²) in [6.07, 6.45) is 0.372. The largest absolute Gasteiger partial charge is 0.416 e. The number of nitrogens with one attached hydrogen (secondary N) is 1. The maximum absolute atomic E-state index is 13.2. The van der Waals surface area contributed by atoms with Gasteiger partial charge in [-0.1, -0.05) is 23.8 Å². The van der Waals surface area contributed by atoms with E-state index in [0.29, 0.717) is 24.4 Å². The van der Waals surface area contributed by atoms with Crippen molar-refractivity contribution in [2.75, 3.05) is 6.54 Å². The molecule has 1 aliphatic carbocycles. The summed E-state index contributed by atoms with van der Waals surface area (Å²) in [5.41, 5.74) is -0.735. The number of carbonyl (C=O) groups is 1. The Morgan fingerprint density at radius 2 is 1.58 bits per heavy atom. The highest BCUT2D eigenvalue weighted by molar-refractivity contribution is 5.93. The van der Waals surface area contributed by atoms with Crippen LogP contribution < -0.4 is 5.32 Å². The molecule has 0 aliphatic heterocycles. The molecule has 0 bridgehead atoms. The highest BCUT2D eigenvalue weighted by Gasteiger charge is 2.37. The fraction of sp³-hybridized carbons (Fsp3) is 0.308. The zero-order chi connectivity index (χ0) is 25.9. The number of alkyl halides is 6. The lowest BCUT2D eigenvalue weighted by atomic mass is 9.97. The van der Waals surface area contributed by atoms with Crippen LogP contribution in [0.5, 0.6) is 0 Å². The maximum Gasteiger partial charge on any atom is 0.416 e. The van der Waals surface area contributed by atoms with Crippen molar-refractivity contribution in [1.29, 1.82) is 0 Å². The first-order valence-corrected chi connectivity index (χ1v) is 11.4. The van der Waals surface area contributed by atoms with Crippen LogP contribution in [0.25, 0.3) is 16.8 Å². The number of halogens is 6. The van der Waals surface area contributed by atoms with Gasteiger partial charge < -0.3 is 5.32 Å². The monoisotopic (exact) mass is 507 g/mol. The molecule has 0 fully saturated rings. The van der Waals surface area contributed by atoms with Gasteiger partial charge in [0.25, 0.3) is 5.91 Å². The minimum atomic E-state index is -4.93. The van der Waals surface area contributed by atoms with Gasteiger partial charge in [0.05, 0.1) is 23.7 Å². The first kappa shape index (κ1) is 25.5. The van der Waals surface area contributed by atoms with Crippen LogP contribution in [0.3, 0.4) is 0 Å². The molecule has 4 nitrogen and oxygen atoms in total. The lowest BCUT2D eigenvalue weighted by molar-refractivity contribution is -0.143. The Morgan fingerprint density at radius 3 is 2.17 bits per heavy atom.